The lowest BCUT2D eigenvalue weighted by Crippen LogP contribution is -2.40. The van der Waals surface area contributed by atoms with Gasteiger partial charge in [0.25, 0.3) is 0 Å². The summed E-state index contributed by atoms with van der Waals surface area (Å²) in [6, 6.07) is 5.54. The van der Waals surface area contributed by atoms with Gasteiger partial charge in [0.15, 0.2) is 13.5 Å². The molecule has 0 bridgehead atoms. The molecule has 2 aromatic rings. The van der Waals surface area contributed by atoms with Crippen molar-refractivity contribution >= 4 is 5.97 Å². The fourth-order valence-corrected chi connectivity index (χ4v) is 6.21. The summed E-state index contributed by atoms with van der Waals surface area (Å²) in [5, 5.41) is 19.0. The largest absolute Gasteiger partial charge is 0.872 e. The van der Waals surface area contributed by atoms with Crippen LogP contribution in [-0.4, -0.2) is 27.9 Å². The van der Waals surface area contributed by atoms with Crippen LogP contribution in [0.3, 0.4) is 0 Å². The molecular weight excluding hydrogens is 492 g/mol. The highest BCUT2D eigenvalue weighted by molar-refractivity contribution is 5.90. The van der Waals surface area contributed by atoms with Crippen molar-refractivity contribution in [2.75, 3.05) is 0 Å². The predicted molar refractivity (Wildman–Crippen MR) is 150 cm³/mol. The van der Waals surface area contributed by atoms with Crippen molar-refractivity contribution < 1.29 is 29.0 Å². The van der Waals surface area contributed by atoms with Gasteiger partial charge in [-0.2, -0.15) is 0 Å². The van der Waals surface area contributed by atoms with E-state index >= 15 is 0 Å². The monoisotopic (exact) mass is 542 g/mol. The summed E-state index contributed by atoms with van der Waals surface area (Å²) in [7, 11) is 0. The van der Waals surface area contributed by atoms with Crippen LogP contribution in [0.15, 0.2) is 43.0 Å². The Labute approximate surface area is 235 Å². The number of hydrogen-bond donors (Lipinski definition) is 1. The molecule has 7 heteroatoms. The summed E-state index contributed by atoms with van der Waals surface area (Å²) in [5.41, 5.74) is -0.178. The van der Waals surface area contributed by atoms with E-state index in [4.69, 9.17) is 14.6 Å². The Bertz CT molecular complexity index is 969. The van der Waals surface area contributed by atoms with E-state index in [9.17, 15) is 9.90 Å². The second-order valence-corrected chi connectivity index (χ2v) is 12.6. The third kappa shape index (κ3) is 9.35. The Kier molecular flexibility index (Phi) is 11.9. The first-order chi connectivity index (χ1) is 18.5. The second kappa shape index (κ2) is 14.8. The Morgan fingerprint density at radius 2 is 1.54 bits per heavy atom. The fourth-order valence-electron chi connectivity index (χ4n) is 6.21. The maximum atomic E-state index is 10.7. The van der Waals surface area contributed by atoms with Crippen molar-refractivity contribution in [3.05, 3.63) is 48.5 Å². The van der Waals surface area contributed by atoms with Gasteiger partial charge in [0.2, 0.25) is 6.33 Å². The molecule has 2 fully saturated rings. The van der Waals surface area contributed by atoms with Gasteiger partial charge in [0.05, 0.1) is 17.8 Å². The summed E-state index contributed by atoms with van der Waals surface area (Å²) in [6.45, 7) is 15.4. The van der Waals surface area contributed by atoms with Crippen molar-refractivity contribution in [1.29, 1.82) is 0 Å². The maximum Gasteiger partial charge on any atom is 0.335 e. The number of carbonyl (C=O) groups is 1. The third-order valence-corrected chi connectivity index (χ3v) is 8.66. The van der Waals surface area contributed by atoms with Crippen molar-refractivity contribution in [2.45, 2.75) is 106 Å². The van der Waals surface area contributed by atoms with Crippen LogP contribution in [0, 0.1) is 35.5 Å². The zero-order valence-electron chi connectivity index (χ0n) is 24.8. The molecule has 2 saturated carbocycles. The lowest BCUT2D eigenvalue weighted by molar-refractivity contribution is -0.735. The molecule has 1 N–H and O–H groups in total. The topological polar surface area (TPSA) is 87.6 Å². The molecule has 6 atom stereocenters. The van der Waals surface area contributed by atoms with Gasteiger partial charge in [-0.3, -0.25) is 0 Å². The van der Waals surface area contributed by atoms with Gasteiger partial charge in [-0.05, 0) is 67.3 Å². The number of benzene rings is 1. The Morgan fingerprint density at radius 1 is 0.974 bits per heavy atom. The SMILES string of the molecule is CC(C)[C@@H]1CC[C@@H](C)C[C@H]1OCn1cc[n+](CO[C@@H]2C[C@H](C)CC[C@H]2C(C)C)c1.O=C(O)c1ccccc1[O-]. The highest BCUT2D eigenvalue weighted by atomic mass is 16.5. The smallest absolute Gasteiger partial charge is 0.335 e. The minimum absolute atomic E-state index is 0.178. The van der Waals surface area contributed by atoms with Gasteiger partial charge >= 0.3 is 5.97 Å². The van der Waals surface area contributed by atoms with Crippen LogP contribution in [0.25, 0.3) is 0 Å². The Balaban J connectivity index is 0.000000353. The van der Waals surface area contributed by atoms with E-state index in [2.05, 4.69) is 69.4 Å². The number of carboxylic acid groups (broad SMARTS) is 1. The number of ether oxygens (including phenoxy) is 2. The highest BCUT2D eigenvalue weighted by Crippen LogP contribution is 2.36. The Morgan fingerprint density at radius 3 is 2.05 bits per heavy atom. The normalized spacial score (nSPS) is 27.3. The average Bonchev–Trinajstić information content (AvgIpc) is 3.34. The quantitative estimate of drug-likeness (QED) is 0.387. The van der Waals surface area contributed by atoms with Gasteiger partial charge in [0, 0.05) is 0 Å². The van der Waals surface area contributed by atoms with Crippen LogP contribution in [-0.2, 0) is 22.9 Å². The minimum Gasteiger partial charge on any atom is -0.872 e. The zero-order valence-corrected chi connectivity index (χ0v) is 24.8. The lowest BCUT2D eigenvalue weighted by Gasteiger charge is -2.36. The first-order valence-electron chi connectivity index (χ1n) is 14.8. The molecule has 1 aromatic carbocycles. The molecular formula is C32H50N2O5. The molecule has 0 saturated heterocycles. The molecule has 2 aliphatic rings. The van der Waals surface area contributed by atoms with Crippen molar-refractivity contribution in [2.24, 2.45) is 35.5 Å². The number of aromatic carboxylic acids is 1. The molecule has 2 aliphatic carbocycles. The number of hydrogen-bond acceptors (Lipinski definition) is 4. The van der Waals surface area contributed by atoms with Crippen LogP contribution in [0.1, 0.15) is 90.4 Å². The molecule has 1 heterocycles. The molecule has 4 rings (SSSR count). The first-order valence-corrected chi connectivity index (χ1v) is 14.8. The number of para-hydroxylation sites is 1. The van der Waals surface area contributed by atoms with Crippen LogP contribution in [0.5, 0.6) is 5.75 Å². The van der Waals surface area contributed by atoms with E-state index in [0.717, 1.165) is 11.8 Å². The molecule has 1 aromatic heterocycles. The standard InChI is InChI=1S/C25H45N2O2.C7H6O3/c1-18(2)22-9-7-20(5)13-24(22)28-16-26-11-12-27(15-26)17-29-25-14-21(6)8-10-23(25)19(3)4;8-6-4-2-1-3-5(6)7(9)10/h11-12,15,18-25H,7-10,13-14,16-17H2,1-6H3;1-4,8H,(H,9,10)/q+1;/p-1/t20-,21-,22+,23+,24-,25-;/m1./s1. The molecule has 0 aliphatic heterocycles. The summed E-state index contributed by atoms with van der Waals surface area (Å²) < 4.78 is 17.1. The molecule has 0 radical (unpaired) electrons. The van der Waals surface area contributed by atoms with Gasteiger partial charge in [-0.15, -0.1) is 0 Å². The number of rotatable bonds is 9. The van der Waals surface area contributed by atoms with Crippen LogP contribution in [0.2, 0.25) is 0 Å². The summed E-state index contributed by atoms with van der Waals surface area (Å²) in [4.78, 5) is 10.2. The number of nitrogens with zero attached hydrogens (tertiary/aromatic N) is 2. The summed E-state index contributed by atoms with van der Waals surface area (Å²) >= 11 is 0. The van der Waals surface area contributed by atoms with Crippen molar-refractivity contribution in [3.63, 3.8) is 0 Å². The molecule has 0 unspecified atom stereocenters. The number of imidazole rings is 1. The first kappa shape index (κ1) is 31.2. The number of carboxylic acids is 1. The zero-order chi connectivity index (χ0) is 28.5. The third-order valence-electron chi connectivity index (χ3n) is 8.66. The molecule has 39 heavy (non-hydrogen) atoms. The van der Waals surface area contributed by atoms with Gasteiger partial charge < -0.3 is 19.7 Å². The summed E-state index contributed by atoms with van der Waals surface area (Å²) in [6.07, 6.45) is 14.8. The van der Waals surface area contributed by atoms with Crippen LogP contribution in [0.4, 0.5) is 0 Å². The predicted octanol–water partition coefficient (Wildman–Crippen LogP) is 6.10. The number of aromatic nitrogens is 2. The molecule has 0 amide bonds. The van der Waals surface area contributed by atoms with Crippen LogP contribution < -0.4 is 9.67 Å². The summed E-state index contributed by atoms with van der Waals surface area (Å²) in [5.74, 6) is 2.72. The van der Waals surface area contributed by atoms with E-state index < -0.39 is 11.7 Å². The maximum absolute atomic E-state index is 10.7. The molecule has 7 nitrogen and oxygen atoms in total. The van der Waals surface area contributed by atoms with E-state index in [-0.39, 0.29) is 5.56 Å². The second-order valence-electron chi connectivity index (χ2n) is 12.6. The van der Waals surface area contributed by atoms with Crippen molar-refractivity contribution in [1.82, 2.24) is 4.57 Å². The van der Waals surface area contributed by atoms with Crippen molar-refractivity contribution in [3.8, 4) is 5.75 Å². The average molecular weight is 543 g/mol. The van der Waals surface area contributed by atoms with E-state index in [1.54, 1.807) is 0 Å². The van der Waals surface area contributed by atoms with E-state index in [1.807, 2.05) is 0 Å². The Hall–Kier alpha value is -2.38. The fraction of sp³-hybridized carbons (Fsp3) is 0.688. The van der Waals surface area contributed by atoms with E-state index in [1.165, 1.54) is 62.8 Å². The minimum atomic E-state index is -1.18. The van der Waals surface area contributed by atoms with Crippen LogP contribution >= 0.6 is 0 Å². The van der Waals surface area contributed by atoms with E-state index in [0.29, 0.717) is 49.3 Å². The van der Waals surface area contributed by atoms with Gasteiger partial charge in [0.1, 0.15) is 12.4 Å². The molecule has 0 spiro atoms. The van der Waals surface area contributed by atoms with Gasteiger partial charge in [-0.25, -0.2) is 13.9 Å². The molecule has 218 valence electrons. The highest BCUT2D eigenvalue weighted by Gasteiger charge is 2.33. The van der Waals surface area contributed by atoms with Gasteiger partial charge in [-0.1, -0.05) is 78.3 Å². The lowest BCUT2D eigenvalue weighted by atomic mass is 9.75.